The highest BCUT2D eigenvalue weighted by molar-refractivity contribution is 7.89. The summed E-state index contributed by atoms with van der Waals surface area (Å²) >= 11 is 0. The molecule has 2 aromatic rings. The third kappa shape index (κ3) is 4.71. The highest BCUT2D eigenvalue weighted by Gasteiger charge is 2.19. The van der Waals surface area contributed by atoms with Crippen LogP contribution < -0.4 is 10.3 Å². The second kappa shape index (κ2) is 7.48. The molecule has 1 heterocycles. The van der Waals surface area contributed by atoms with Gasteiger partial charge in [0, 0.05) is 37.2 Å². The summed E-state index contributed by atoms with van der Waals surface area (Å²) in [6, 6.07) is 8.95. The number of nitrogens with one attached hydrogen (secondary N) is 1. The summed E-state index contributed by atoms with van der Waals surface area (Å²) in [5.74, 6) is -0.429. The lowest BCUT2D eigenvalue weighted by Crippen LogP contribution is -2.29. The van der Waals surface area contributed by atoms with Crippen LogP contribution >= 0.6 is 0 Å². The van der Waals surface area contributed by atoms with Crippen LogP contribution in [0.5, 0.6) is 0 Å². The van der Waals surface area contributed by atoms with Crippen molar-refractivity contribution in [2.24, 2.45) is 0 Å². The molecule has 7 nitrogen and oxygen atoms in total. The van der Waals surface area contributed by atoms with E-state index in [0.717, 1.165) is 34.9 Å². The number of sulfonamides is 1. The molecular formula is C19H20N2O5S. The molecule has 1 aliphatic rings. The van der Waals surface area contributed by atoms with Crippen molar-refractivity contribution in [3.63, 3.8) is 0 Å². The molecule has 0 bridgehead atoms. The smallest absolute Gasteiger partial charge is 0.251 e. The number of aryl methyl sites for hydroxylation is 2. The summed E-state index contributed by atoms with van der Waals surface area (Å²) in [7, 11) is -3.56. The maximum absolute atomic E-state index is 12.3. The van der Waals surface area contributed by atoms with Crippen molar-refractivity contribution in [2.75, 3.05) is 6.26 Å². The number of benzene rings is 1. The molecule has 0 radical (unpaired) electrons. The second-order valence-corrected chi connectivity index (χ2v) is 8.39. The van der Waals surface area contributed by atoms with Crippen LogP contribution in [0.25, 0.3) is 11.1 Å². The van der Waals surface area contributed by atoms with Gasteiger partial charge in [-0.1, -0.05) is 18.2 Å². The molecular weight excluding hydrogens is 368 g/mol. The minimum atomic E-state index is -3.56. The van der Waals surface area contributed by atoms with Crippen molar-refractivity contribution in [3.05, 3.63) is 58.0 Å². The van der Waals surface area contributed by atoms with Gasteiger partial charge >= 0.3 is 0 Å². The van der Waals surface area contributed by atoms with Crippen LogP contribution in [0.1, 0.15) is 35.2 Å². The SMILES string of the molecule is CS(=O)(=O)NC(=O)CCCn1ccc(-c2ccc3c(c2)CCC3=O)cc1=O. The van der Waals surface area contributed by atoms with Crippen LogP contribution in [0.2, 0.25) is 0 Å². The third-order valence-electron chi connectivity index (χ3n) is 4.46. The normalized spacial score (nSPS) is 13.4. The van der Waals surface area contributed by atoms with Crippen molar-refractivity contribution in [1.29, 1.82) is 0 Å². The van der Waals surface area contributed by atoms with Gasteiger partial charge in [-0.3, -0.25) is 19.1 Å². The predicted octanol–water partition coefficient (Wildman–Crippen LogP) is 1.50. The molecule has 8 heteroatoms. The number of carbonyl (C=O) groups is 2. The zero-order valence-electron chi connectivity index (χ0n) is 14.9. The molecule has 1 amide bonds. The number of amides is 1. The molecule has 1 N–H and O–H groups in total. The van der Waals surface area contributed by atoms with E-state index in [1.54, 1.807) is 6.20 Å². The first kappa shape index (κ1) is 19.0. The maximum atomic E-state index is 12.3. The van der Waals surface area contributed by atoms with E-state index >= 15 is 0 Å². The number of hydrogen-bond donors (Lipinski definition) is 1. The van der Waals surface area contributed by atoms with Crippen LogP contribution in [0.15, 0.2) is 41.3 Å². The number of ketones is 1. The standard InChI is InChI=1S/C19H20N2O5S/c1-27(25,26)20-18(23)3-2-9-21-10-8-14(12-19(21)24)13-4-6-16-15(11-13)5-7-17(16)22/h4,6,8,10-12H,2-3,5,7,9H2,1H3,(H,20,23). The van der Waals surface area contributed by atoms with E-state index in [9.17, 15) is 22.8 Å². The molecule has 142 valence electrons. The van der Waals surface area contributed by atoms with Gasteiger partial charge in [-0.25, -0.2) is 8.42 Å². The first-order valence-electron chi connectivity index (χ1n) is 8.60. The summed E-state index contributed by atoms with van der Waals surface area (Å²) in [6.07, 6.45) is 4.21. The number of rotatable bonds is 6. The number of hydrogen-bond acceptors (Lipinski definition) is 5. The summed E-state index contributed by atoms with van der Waals surface area (Å²) < 4.78 is 25.3. The summed E-state index contributed by atoms with van der Waals surface area (Å²) in [4.78, 5) is 35.5. The molecule has 0 unspecified atom stereocenters. The minimum Gasteiger partial charge on any atom is -0.315 e. The van der Waals surface area contributed by atoms with Crippen LogP contribution in [0, 0.1) is 0 Å². The molecule has 0 fully saturated rings. The lowest BCUT2D eigenvalue weighted by molar-refractivity contribution is -0.119. The van der Waals surface area contributed by atoms with Crippen molar-refractivity contribution >= 4 is 21.7 Å². The van der Waals surface area contributed by atoms with Gasteiger partial charge in [0.15, 0.2) is 5.78 Å². The van der Waals surface area contributed by atoms with Gasteiger partial charge in [-0.05, 0) is 35.6 Å². The Bertz CT molecular complexity index is 1070. The van der Waals surface area contributed by atoms with Gasteiger partial charge in [0.25, 0.3) is 5.56 Å². The number of carbonyl (C=O) groups excluding carboxylic acids is 2. The van der Waals surface area contributed by atoms with Crippen LogP contribution in [0.4, 0.5) is 0 Å². The van der Waals surface area contributed by atoms with Gasteiger partial charge in [0.1, 0.15) is 0 Å². The molecule has 0 saturated heterocycles. The lowest BCUT2D eigenvalue weighted by Gasteiger charge is -2.08. The Kier molecular flexibility index (Phi) is 5.27. The maximum Gasteiger partial charge on any atom is 0.251 e. The van der Waals surface area contributed by atoms with Gasteiger partial charge in [0.05, 0.1) is 6.26 Å². The molecule has 0 atom stereocenters. The molecule has 1 aromatic carbocycles. The topological polar surface area (TPSA) is 102 Å². The van der Waals surface area contributed by atoms with Crippen LogP contribution in [-0.2, 0) is 27.8 Å². The Labute approximate surface area is 157 Å². The first-order valence-corrected chi connectivity index (χ1v) is 10.5. The van der Waals surface area contributed by atoms with Crippen molar-refractivity contribution in [2.45, 2.75) is 32.2 Å². The largest absolute Gasteiger partial charge is 0.315 e. The fourth-order valence-electron chi connectivity index (χ4n) is 3.17. The minimum absolute atomic E-state index is 0.0140. The molecule has 1 aliphatic carbocycles. The van der Waals surface area contributed by atoms with Gasteiger partial charge in [-0.15, -0.1) is 0 Å². The number of aromatic nitrogens is 1. The molecule has 0 saturated carbocycles. The van der Waals surface area contributed by atoms with E-state index in [2.05, 4.69) is 0 Å². The Morgan fingerprint density at radius 1 is 1.11 bits per heavy atom. The molecule has 3 rings (SSSR count). The Morgan fingerprint density at radius 3 is 2.56 bits per heavy atom. The van der Waals surface area contributed by atoms with Crippen molar-refractivity contribution in [3.8, 4) is 11.1 Å². The van der Waals surface area contributed by atoms with E-state index in [1.807, 2.05) is 29.0 Å². The fourth-order valence-corrected chi connectivity index (χ4v) is 3.69. The molecule has 0 aliphatic heterocycles. The number of Topliss-reactive ketones (excluding diaryl/α,β-unsaturated/α-hetero) is 1. The number of nitrogens with zero attached hydrogens (tertiary/aromatic N) is 1. The Hall–Kier alpha value is -2.74. The average molecular weight is 388 g/mol. The second-order valence-electron chi connectivity index (χ2n) is 6.64. The summed E-state index contributed by atoms with van der Waals surface area (Å²) in [6.45, 7) is 0.314. The highest BCUT2D eigenvalue weighted by atomic mass is 32.2. The zero-order valence-corrected chi connectivity index (χ0v) is 15.7. The van der Waals surface area contributed by atoms with Gasteiger partial charge in [0.2, 0.25) is 15.9 Å². The van der Waals surface area contributed by atoms with Crippen molar-refractivity contribution < 1.29 is 18.0 Å². The van der Waals surface area contributed by atoms with Crippen LogP contribution in [0.3, 0.4) is 0 Å². The van der Waals surface area contributed by atoms with Gasteiger partial charge < -0.3 is 4.57 Å². The van der Waals surface area contributed by atoms with E-state index in [1.165, 1.54) is 10.6 Å². The lowest BCUT2D eigenvalue weighted by atomic mass is 10.0. The van der Waals surface area contributed by atoms with E-state index < -0.39 is 15.9 Å². The Morgan fingerprint density at radius 2 is 1.85 bits per heavy atom. The number of pyridine rings is 1. The van der Waals surface area contributed by atoms with Crippen LogP contribution in [-0.4, -0.2) is 30.9 Å². The number of fused-ring (bicyclic) bond motifs is 1. The van der Waals surface area contributed by atoms with Gasteiger partial charge in [-0.2, -0.15) is 0 Å². The predicted molar refractivity (Wildman–Crippen MR) is 101 cm³/mol. The highest BCUT2D eigenvalue weighted by Crippen LogP contribution is 2.27. The zero-order chi connectivity index (χ0) is 19.6. The molecule has 0 spiro atoms. The first-order chi connectivity index (χ1) is 12.7. The Balaban J connectivity index is 1.67. The molecule has 1 aromatic heterocycles. The van der Waals surface area contributed by atoms with E-state index in [4.69, 9.17) is 0 Å². The summed E-state index contributed by atoms with van der Waals surface area (Å²) in [5.41, 5.74) is 3.24. The third-order valence-corrected chi connectivity index (χ3v) is 5.06. The van der Waals surface area contributed by atoms with E-state index in [-0.39, 0.29) is 17.8 Å². The average Bonchev–Trinajstić information content (AvgIpc) is 2.95. The molecule has 27 heavy (non-hydrogen) atoms. The van der Waals surface area contributed by atoms with Crippen molar-refractivity contribution in [1.82, 2.24) is 9.29 Å². The monoisotopic (exact) mass is 388 g/mol. The van der Waals surface area contributed by atoms with E-state index in [0.29, 0.717) is 19.4 Å². The summed E-state index contributed by atoms with van der Waals surface area (Å²) in [5, 5.41) is 0. The quantitative estimate of drug-likeness (QED) is 0.808. The fraction of sp³-hybridized carbons (Fsp3) is 0.316.